The summed E-state index contributed by atoms with van der Waals surface area (Å²) in [6.07, 6.45) is 1.49. The van der Waals surface area contributed by atoms with Crippen LogP contribution < -0.4 is 0 Å². The zero-order valence-corrected chi connectivity index (χ0v) is 10.2. The van der Waals surface area contributed by atoms with E-state index in [1.807, 2.05) is 0 Å². The van der Waals surface area contributed by atoms with Gasteiger partial charge in [0.1, 0.15) is 11.5 Å². The van der Waals surface area contributed by atoms with Crippen LogP contribution in [0.15, 0.2) is 12.7 Å². The van der Waals surface area contributed by atoms with Gasteiger partial charge < -0.3 is 9.47 Å². The number of hydrogen-bond donors (Lipinski definition) is 0. The molecule has 0 aromatic carbocycles. The van der Waals surface area contributed by atoms with Crippen LogP contribution in [0.25, 0.3) is 0 Å². The first-order valence-corrected chi connectivity index (χ1v) is 5.33. The number of ether oxygens (including phenoxy) is 2. The minimum Gasteiger partial charge on any atom is -0.466 e. The van der Waals surface area contributed by atoms with Crippen molar-refractivity contribution in [1.82, 2.24) is 0 Å². The second kappa shape index (κ2) is 3.92. The van der Waals surface area contributed by atoms with E-state index in [0.29, 0.717) is 0 Å². The maximum absolute atomic E-state index is 11.9. The summed E-state index contributed by atoms with van der Waals surface area (Å²) in [5.41, 5.74) is -1.86. The third-order valence-electron chi connectivity index (χ3n) is 3.06. The van der Waals surface area contributed by atoms with Gasteiger partial charge in [0.05, 0.1) is 12.0 Å². The molecule has 90 valence electrons. The molecule has 16 heavy (non-hydrogen) atoms. The first-order valence-electron chi connectivity index (χ1n) is 5.33. The maximum Gasteiger partial charge on any atom is 0.314 e. The van der Waals surface area contributed by atoms with Crippen molar-refractivity contribution in [2.45, 2.75) is 33.3 Å². The SMILES string of the molecule is C=C[C@@]1(C)OC(=O)C(C)(C)[C@H]1C(=O)OCC. The van der Waals surface area contributed by atoms with Crippen LogP contribution in [0.2, 0.25) is 0 Å². The molecule has 0 bridgehead atoms. The fourth-order valence-corrected chi connectivity index (χ4v) is 2.14. The molecule has 1 heterocycles. The summed E-state index contributed by atoms with van der Waals surface area (Å²) in [5.74, 6) is -1.46. The highest BCUT2D eigenvalue weighted by molar-refractivity contribution is 5.89. The molecule has 1 saturated heterocycles. The van der Waals surface area contributed by atoms with Gasteiger partial charge in [-0.15, -0.1) is 0 Å². The zero-order chi connectivity index (χ0) is 12.6. The van der Waals surface area contributed by atoms with E-state index in [0.717, 1.165) is 0 Å². The summed E-state index contributed by atoms with van der Waals surface area (Å²) in [7, 11) is 0. The maximum atomic E-state index is 11.9. The number of rotatable bonds is 3. The lowest BCUT2D eigenvalue weighted by atomic mass is 9.73. The molecule has 1 fully saturated rings. The third-order valence-corrected chi connectivity index (χ3v) is 3.06. The Balaban J connectivity index is 3.13. The van der Waals surface area contributed by atoms with Crippen molar-refractivity contribution in [3.05, 3.63) is 12.7 Å². The molecule has 0 aliphatic carbocycles. The molecule has 2 atom stereocenters. The topological polar surface area (TPSA) is 52.6 Å². The van der Waals surface area contributed by atoms with Crippen LogP contribution in [-0.2, 0) is 19.1 Å². The Hall–Kier alpha value is -1.32. The average molecular weight is 226 g/mol. The minimum atomic E-state index is -0.979. The summed E-state index contributed by atoms with van der Waals surface area (Å²) in [4.78, 5) is 23.6. The average Bonchev–Trinajstić information content (AvgIpc) is 2.34. The molecule has 0 radical (unpaired) electrons. The second-order valence-corrected chi connectivity index (χ2v) is 4.68. The molecule has 4 heteroatoms. The molecular formula is C12H18O4. The lowest BCUT2D eigenvalue weighted by molar-refractivity contribution is -0.154. The molecular weight excluding hydrogens is 208 g/mol. The monoisotopic (exact) mass is 226 g/mol. The van der Waals surface area contributed by atoms with Gasteiger partial charge in [0.15, 0.2) is 0 Å². The van der Waals surface area contributed by atoms with E-state index in [1.165, 1.54) is 6.08 Å². The number of carbonyl (C=O) groups is 2. The van der Waals surface area contributed by atoms with E-state index in [2.05, 4.69) is 6.58 Å². The van der Waals surface area contributed by atoms with Gasteiger partial charge in [0, 0.05) is 0 Å². The van der Waals surface area contributed by atoms with Crippen molar-refractivity contribution in [2.24, 2.45) is 11.3 Å². The molecule has 4 nitrogen and oxygen atoms in total. The standard InChI is InChI=1S/C12H18O4/c1-6-12(5)8(9(13)15-7-2)11(3,4)10(14)16-12/h6,8H,1,7H2,2-5H3/t8-,12-/m1/s1. The Labute approximate surface area is 95.6 Å². The lowest BCUT2D eigenvalue weighted by Gasteiger charge is -2.28. The normalized spacial score (nSPS) is 32.0. The molecule has 0 unspecified atom stereocenters. The largest absolute Gasteiger partial charge is 0.466 e. The van der Waals surface area contributed by atoms with Crippen LogP contribution in [0.4, 0.5) is 0 Å². The van der Waals surface area contributed by atoms with E-state index in [1.54, 1.807) is 27.7 Å². The molecule has 1 aliphatic rings. The highest BCUT2D eigenvalue weighted by Gasteiger charge is 2.60. The zero-order valence-electron chi connectivity index (χ0n) is 10.2. The van der Waals surface area contributed by atoms with E-state index in [9.17, 15) is 9.59 Å². The Morgan fingerprint density at radius 3 is 2.56 bits per heavy atom. The van der Waals surface area contributed by atoms with Crippen LogP contribution in [0.5, 0.6) is 0 Å². The summed E-state index contributed by atoms with van der Waals surface area (Å²) in [6, 6.07) is 0. The van der Waals surface area contributed by atoms with Crippen molar-refractivity contribution in [1.29, 1.82) is 0 Å². The van der Waals surface area contributed by atoms with Crippen LogP contribution >= 0.6 is 0 Å². The number of hydrogen-bond acceptors (Lipinski definition) is 4. The van der Waals surface area contributed by atoms with Gasteiger partial charge >= 0.3 is 11.9 Å². The van der Waals surface area contributed by atoms with Gasteiger partial charge in [-0.3, -0.25) is 9.59 Å². The first kappa shape index (κ1) is 12.7. The third kappa shape index (κ3) is 1.72. The fraction of sp³-hybridized carbons (Fsp3) is 0.667. The van der Waals surface area contributed by atoms with Crippen LogP contribution in [0.1, 0.15) is 27.7 Å². The molecule has 0 aromatic heterocycles. The van der Waals surface area contributed by atoms with Crippen LogP contribution in [0.3, 0.4) is 0 Å². The Kier molecular flexibility index (Phi) is 3.13. The molecule has 0 saturated carbocycles. The van der Waals surface area contributed by atoms with Gasteiger partial charge in [-0.05, 0) is 33.8 Å². The predicted molar refractivity (Wildman–Crippen MR) is 58.6 cm³/mol. The highest BCUT2D eigenvalue weighted by atomic mass is 16.6. The molecule has 0 aromatic rings. The van der Waals surface area contributed by atoms with Crippen molar-refractivity contribution < 1.29 is 19.1 Å². The van der Waals surface area contributed by atoms with E-state index in [4.69, 9.17) is 9.47 Å². The van der Waals surface area contributed by atoms with Gasteiger partial charge in [-0.2, -0.15) is 0 Å². The van der Waals surface area contributed by atoms with E-state index >= 15 is 0 Å². The fourth-order valence-electron chi connectivity index (χ4n) is 2.14. The van der Waals surface area contributed by atoms with Crippen LogP contribution in [0, 0.1) is 11.3 Å². The molecule has 1 rings (SSSR count). The molecule has 0 amide bonds. The lowest BCUT2D eigenvalue weighted by Crippen LogP contribution is -2.41. The van der Waals surface area contributed by atoms with Crippen molar-refractivity contribution in [2.75, 3.05) is 6.61 Å². The van der Waals surface area contributed by atoms with E-state index in [-0.39, 0.29) is 6.61 Å². The van der Waals surface area contributed by atoms with Gasteiger partial charge in [0.25, 0.3) is 0 Å². The summed E-state index contributed by atoms with van der Waals surface area (Å²) >= 11 is 0. The summed E-state index contributed by atoms with van der Waals surface area (Å²) in [6.45, 7) is 10.7. The first-order chi connectivity index (χ1) is 7.29. The van der Waals surface area contributed by atoms with E-state index < -0.39 is 28.9 Å². The quantitative estimate of drug-likeness (QED) is 0.543. The van der Waals surface area contributed by atoms with Gasteiger partial charge in [-0.1, -0.05) is 6.58 Å². The Morgan fingerprint density at radius 2 is 2.12 bits per heavy atom. The van der Waals surface area contributed by atoms with Crippen LogP contribution in [-0.4, -0.2) is 24.1 Å². The van der Waals surface area contributed by atoms with Gasteiger partial charge in [0.2, 0.25) is 0 Å². The number of cyclic esters (lactones) is 1. The Morgan fingerprint density at radius 1 is 1.56 bits per heavy atom. The second-order valence-electron chi connectivity index (χ2n) is 4.68. The summed E-state index contributed by atoms with van der Waals surface area (Å²) in [5, 5.41) is 0. The Bertz CT molecular complexity index is 332. The van der Waals surface area contributed by atoms with Crippen molar-refractivity contribution >= 4 is 11.9 Å². The molecule has 0 N–H and O–H groups in total. The number of esters is 2. The van der Waals surface area contributed by atoms with Gasteiger partial charge in [-0.25, -0.2) is 0 Å². The number of carbonyl (C=O) groups excluding carboxylic acids is 2. The molecule has 1 aliphatic heterocycles. The summed E-state index contributed by atoms with van der Waals surface area (Å²) < 4.78 is 10.2. The van der Waals surface area contributed by atoms with Crippen molar-refractivity contribution in [3.63, 3.8) is 0 Å². The highest BCUT2D eigenvalue weighted by Crippen LogP contribution is 2.46. The van der Waals surface area contributed by atoms with Crippen molar-refractivity contribution in [3.8, 4) is 0 Å². The predicted octanol–water partition coefficient (Wildman–Crippen LogP) is 1.69. The molecule has 0 spiro atoms. The minimum absolute atomic E-state index is 0.285. The smallest absolute Gasteiger partial charge is 0.314 e.